The summed E-state index contributed by atoms with van der Waals surface area (Å²) in [6.07, 6.45) is 0. The van der Waals surface area contributed by atoms with E-state index in [1.54, 1.807) is 0 Å². The van der Waals surface area contributed by atoms with Crippen LogP contribution in [0.3, 0.4) is 0 Å². The molecule has 140 valence electrons. The lowest BCUT2D eigenvalue weighted by Gasteiger charge is -2.14. The van der Waals surface area contributed by atoms with Crippen molar-refractivity contribution in [2.45, 2.75) is 6.92 Å². The molecule has 0 aromatic heterocycles. The van der Waals surface area contributed by atoms with E-state index >= 15 is 0 Å². The van der Waals surface area contributed by atoms with Crippen LogP contribution in [0.4, 0.5) is 11.4 Å². The predicted molar refractivity (Wildman–Crippen MR) is 109 cm³/mol. The van der Waals surface area contributed by atoms with Crippen molar-refractivity contribution in [1.29, 1.82) is 0 Å². The van der Waals surface area contributed by atoms with Gasteiger partial charge in [0.15, 0.2) is 0 Å². The summed E-state index contributed by atoms with van der Waals surface area (Å²) in [6, 6.07) is 21.4. The maximum absolute atomic E-state index is 12.4. The summed E-state index contributed by atoms with van der Waals surface area (Å²) in [6.45, 7) is 3.76. The Kier molecular flexibility index (Phi) is 6.66. The summed E-state index contributed by atoms with van der Waals surface area (Å²) >= 11 is 0. The van der Waals surface area contributed by atoms with Crippen LogP contribution in [-0.4, -0.2) is 32.3 Å². The summed E-state index contributed by atoms with van der Waals surface area (Å²) in [5.74, 6) is 0.589. The van der Waals surface area contributed by atoms with E-state index < -0.39 is 0 Å². The smallest absolute Gasteiger partial charge is 0.243 e. The van der Waals surface area contributed by atoms with Gasteiger partial charge >= 0.3 is 0 Å². The highest BCUT2D eigenvalue weighted by atomic mass is 16.5. The number of amides is 1. The zero-order valence-electron chi connectivity index (χ0n) is 15.4. The molecule has 1 amide bonds. The van der Waals surface area contributed by atoms with Crippen molar-refractivity contribution in [2.24, 2.45) is 0 Å². The van der Waals surface area contributed by atoms with Crippen LogP contribution in [0, 0.1) is 0 Å². The monoisotopic (exact) mass is 364 g/mol. The molecule has 3 aromatic rings. The Labute approximate surface area is 159 Å². The molecule has 5 heteroatoms. The Morgan fingerprint density at radius 2 is 1.63 bits per heavy atom. The quantitative estimate of drug-likeness (QED) is 0.556. The maximum Gasteiger partial charge on any atom is 0.243 e. The van der Waals surface area contributed by atoms with Crippen molar-refractivity contribution in [2.75, 3.05) is 37.0 Å². The number of fused-ring (bicyclic) bond motifs is 1. The Balaban J connectivity index is 1.59. The Morgan fingerprint density at radius 3 is 2.52 bits per heavy atom. The van der Waals surface area contributed by atoms with Gasteiger partial charge in [-0.15, -0.1) is 0 Å². The minimum Gasteiger partial charge on any atom is -0.489 e. The lowest BCUT2D eigenvalue weighted by molar-refractivity contribution is -0.114. The number of hydrogen-bond acceptors (Lipinski definition) is 4. The first-order valence-electron chi connectivity index (χ1n) is 9.09. The molecule has 0 unspecified atom stereocenters. The number of carbonyl (C=O) groups is 1. The fourth-order valence-corrected chi connectivity index (χ4v) is 2.80. The van der Waals surface area contributed by atoms with Crippen molar-refractivity contribution in [1.82, 2.24) is 0 Å². The first kappa shape index (κ1) is 18.7. The molecule has 0 saturated carbocycles. The highest BCUT2D eigenvalue weighted by Gasteiger charge is 2.08. The van der Waals surface area contributed by atoms with Crippen molar-refractivity contribution in [3.05, 3.63) is 66.7 Å². The van der Waals surface area contributed by atoms with Crippen LogP contribution in [-0.2, 0) is 9.53 Å². The predicted octanol–water partition coefficient (Wildman–Crippen LogP) is 4.31. The first-order chi connectivity index (χ1) is 13.3. The maximum atomic E-state index is 12.4. The van der Waals surface area contributed by atoms with Gasteiger partial charge in [0.2, 0.25) is 5.91 Å². The van der Waals surface area contributed by atoms with Crippen LogP contribution in [0.15, 0.2) is 66.7 Å². The number of anilines is 2. The summed E-state index contributed by atoms with van der Waals surface area (Å²) < 4.78 is 11.0. The van der Waals surface area contributed by atoms with Crippen LogP contribution in [0.5, 0.6) is 5.75 Å². The molecule has 0 bridgehead atoms. The molecular formula is C22H24N2O3. The third-order valence-electron chi connectivity index (χ3n) is 4.08. The normalized spacial score (nSPS) is 10.6. The van der Waals surface area contributed by atoms with Crippen LogP contribution in [0.2, 0.25) is 0 Å². The molecule has 0 aliphatic carbocycles. The van der Waals surface area contributed by atoms with E-state index in [4.69, 9.17) is 9.47 Å². The zero-order valence-corrected chi connectivity index (χ0v) is 15.4. The molecule has 0 fully saturated rings. The number of benzene rings is 3. The zero-order chi connectivity index (χ0) is 18.9. The first-order valence-corrected chi connectivity index (χ1v) is 9.09. The molecule has 3 rings (SSSR count). The Morgan fingerprint density at radius 1 is 0.889 bits per heavy atom. The van der Waals surface area contributed by atoms with Gasteiger partial charge in [0.05, 0.1) is 18.8 Å². The van der Waals surface area contributed by atoms with Gasteiger partial charge in [-0.05, 0) is 30.5 Å². The van der Waals surface area contributed by atoms with E-state index in [0.29, 0.717) is 25.6 Å². The standard InChI is InChI=1S/C22H24N2O3/c1-2-26-14-15-27-21-13-6-5-11-20(21)23-16-22(25)24-19-12-7-9-17-8-3-4-10-18(17)19/h3-13,23H,2,14-16H2,1H3,(H,24,25). The molecule has 2 N–H and O–H groups in total. The van der Waals surface area contributed by atoms with Gasteiger partial charge in [0, 0.05) is 17.7 Å². The van der Waals surface area contributed by atoms with Crippen LogP contribution >= 0.6 is 0 Å². The lowest BCUT2D eigenvalue weighted by atomic mass is 10.1. The minimum absolute atomic E-state index is 0.115. The molecule has 0 aliphatic heterocycles. The van der Waals surface area contributed by atoms with E-state index in [1.807, 2.05) is 73.7 Å². The molecule has 27 heavy (non-hydrogen) atoms. The summed E-state index contributed by atoms with van der Waals surface area (Å²) in [5.41, 5.74) is 1.59. The molecule has 0 aliphatic rings. The number of ether oxygens (including phenoxy) is 2. The van der Waals surface area contributed by atoms with Crippen molar-refractivity contribution >= 4 is 28.1 Å². The number of nitrogens with one attached hydrogen (secondary N) is 2. The lowest BCUT2D eigenvalue weighted by Crippen LogP contribution is -2.22. The summed E-state index contributed by atoms with van der Waals surface area (Å²) in [4.78, 5) is 12.4. The third kappa shape index (κ3) is 5.21. The summed E-state index contributed by atoms with van der Waals surface area (Å²) in [5, 5.41) is 8.23. The van der Waals surface area contributed by atoms with Crippen molar-refractivity contribution < 1.29 is 14.3 Å². The second-order valence-electron chi connectivity index (χ2n) is 5.97. The number of hydrogen-bond donors (Lipinski definition) is 2. The average molecular weight is 364 g/mol. The fourth-order valence-electron chi connectivity index (χ4n) is 2.80. The fraction of sp³-hybridized carbons (Fsp3) is 0.227. The molecular weight excluding hydrogens is 340 g/mol. The Hall–Kier alpha value is -3.05. The average Bonchev–Trinajstić information content (AvgIpc) is 2.71. The second-order valence-corrected chi connectivity index (χ2v) is 5.97. The van der Waals surface area contributed by atoms with E-state index in [0.717, 1.165) is 22.1 Å². The SMILES string of the molecule is CCOCCOc1ccccc1NCC(=O)Nc1cccc2ccccc12. The largest absolute Gasteiger partial charge is 0.489 e. The van der Waals surface area contributed by atoms with Crippen molar-refractivity contribution in [3.8, 4) is 5.75 Å². The highest BCUT2D eigenvalue weighted by molar-refractivity contribution is 6.03. The van der Waals surface area contributed by atoms with Gasteiger partial charge in [0.1, 0.15) is 12.4 Å². The van der Waals surface area contributed by atoms with Crippen LogP contribution in [0.1, 0.15) is 6.92 Å². The highest BCUT2D eigenvalue weighted by Crippen LogP contribution is 2.24. The van der Waals surface area contributed by atoms with E-state index in [2.05, 4.69) is 10.6 Å². The topological polar surface area (TPSA) is 59.6 Å². The van der Waals surface area contributed by atoms with E-state index in [9.17, 15) is 4.79 Å². The molecule has 0 radical (unpaired) electrons. The number of para-hydroxylation sites is 2. The molecule has 5 nitrogen and oxygen atoms in total. The Bertz CT molecular complexity index is 890. The van der Waals surface area contributed by atoms with Gasteiger partial charge in [0.25, 0.3) is 0 Å². The van der Waals surface area contributed by atoms with Gasteiger partial charge < -0.3 is 20.1 Å². The third-order valence-corrected chi connectivity index (χ3v) is 4.08. The molecule has 0 saturated heterocycles. The summed E-state index contributed by atoms with van der Waals surface area (Å²) in [7, 11) is 0. The van der Waals surface area contributed by atoms with Gasteiger partial charge in [-0.25, -0.2) is 0 Å². The number of carbonyl (C=O) groups excluding carboxylic acids is 1. The van der Waals surface area contributed by atoms with Gasteiger partial charge in [-0.3, -0.25) is 4.79 Å². The second kappa shape index (κ2) is 9.59. The van der Waals surface area contributed by atoms with Crippen LogP contribution < -0.4 is 15.4 Å². The van der Waals surface area contributed by atoms with Gasteiger partial charge in [-0.1, -0.05) is 48.5 Å². The molecule has 0 heterocycles. The van der Waals surface area contributed by atoms with Gasteiger partial charge in [-0.2, -0.15) is 0 Å². The number of rotatable bonds is 9. The van der Waals surface area contributed by atoms with E-state index in [-0.39, 0.29) is 12.5 Å². The minimum atomic E-state index is -0.115. The molecule has 3 aromatic carbocycles. The molecule has 0 spiro atoms. The molecule has 0 atom stereocenters. The van der Waals surface area contributed by atoms with Crippen molar-refractivity contribution in [3.63, 3.8) is 0 Å². The van der Waals surface area contributed by atoms with E-state index in [1.165, 1.54) is 0 Å². The van der Waals surface area contributed by atoms with Crippen LogP contribution in [0.25, 0.3) is 10.8 Å².